The number of hydrogen-bond donors (Lipinski definition) is 2. The SMILES string of the molecule is CC(C)Cc1cc2c(cn1)CCN(C(=O)NC(CCO)c1ccc(Cl)c(Cl)c1)C2. The molecule has 3 rings (SSSR count). The molecule has 1 aliphatic rings. The van der Waals surface area contributed by atoms with Crippen molar-refractivity contribution in [1.82, 2.24) is 15.2 Å². The van der Waals surface area contributed by atoms with E-state index in [0.717, 1.165) is 29.7 Å². The summed E-state index contributed by atoms with van der Waals surface area (Å²) >= 11 is 12.1. The van der Waals surface area contributed by atoms with Gasteiger partial charge >= 0.3 is 6.03 Å². The Balaban J connectivity index is 1.71. The maximum Gasteiger partial charge on any atom is 0.318 e. The molecule has 1 aromatic heterocycles. The molecule has 0 spiro atoms. The first-order valence-corrected chi connectivity index (χ1v) is 10.7. The third kappa shape index (κ3) is 5.62. The number of rotatable bonds is 6. The minimum absolute atomic E-state index is 0.0434. The Kier molecular flexibility index (Phi) is 7.38. The van der Waals surface area contributed by atoms with Crippen LogP contribution in [0, 0.1) is 5.92 Å². The summed E-state index contributed by atoms with van der Waals surface area (Å²) in [5, 5.41) is 13.4. The van der Waals surface area contributed by atoms with E-state index >= 15 is 0 Å². The number of fused-ring (bicyclic) bond motifs is 1. The minimum atomic E-state index is -0.336. The van der Waals surface area contributed by atoms with Crippen LogP contribution in [0.3, 0.4) is 0 Å². The number of hydrogen-bond acceptors (Lipinski definition) is 3. The highest BCUT2D eigenvalue weighted by atomic mass is 35.5. The van der Waals surface area contributed by atoms with E-state index in [2.05, 4.69) is 30.2 Å². The predicted molar refractivity (Wildman–Crippen MR) is 116 cm³/mol. The Hall–Kier alpha value is -1.82. The van der Waals surface area contributed by atoms with Crippen LogP contribution in [0.25, 0.3) is 0 Å². The van der Waals surface area contributed by atoms with E-state index in [1.807, 2.05) is 17.2 Å². The van der Waals surface area contributed by atoms with Gasteiger partial charge in [0.15, 0.2) is 0 Å². The van der Waals surface area contributed by atoms with Gasteiger partial charge in [0.25, 0.3) is 0 Å². The van der Waals surface area contributed by atoms with Crippen molar-refractivity contribution in [3.63, 3.8) is 0 Å². The van der Waals surface area contributed by atoms with E-state index in [4.69, 9.17) is 23.2 Å². The Labute approximate surface area is 182 Å². The van der Waals surface area contributed by atoms with Crippen molar-refractivity contribution in [3.8, 4) is 0 Å². The zero-order valence-corrected chi connectivity index (χ0v) is 18.3. The van der Waals surface area contributed by atoms with Crippen molar-refractivity contribution >= 4 is 29.2 Å². The first-order chi connectivity index (χ1) is 13.9. The first kappa shape index (κ1) is 21.9. The van der Waals surface area contributed by atoms with E-state index in [9.17, 15) is 9.90 Å². The average Bonchev–Trinajstić information content (AvgIpc) is 2.68. The minimum Gasteiger partial charge on any atom is -0.396 e. The van der Waals surface area contributed by atoms with Gasteiger partial charge in [0.05, 0.1) is 16.1 Å². The largest absolute Gasteiger partial charge is 0.396 e. The Morgan fingerprint density at radius 1 is 1.24 bits per heavy atom. The number of nitrogens with one attached hydrogen (secondary N) is 1. The number of halogens is 2. The number of aromatic nitrogens is 1. The molecule has 0 aliphatic carbocycles. The molecule has 5 nitrogen and oxygen atoms in total. The highest BCUT2D eigenvalue weighted by Crippen LogP contribution is 2.27. The van der Waals surface area contributed by atoms with Crippen molar-refractivity contribution in [2.45, 2.75) is 45.7 Å². The number of aliphatic hydroxyl groups is 1. The number of nitrogens with zero attached hydrogens (tertiary/aromatic N) is 2. The Bertz CT molecular complexity index is 873. The van der Waals surface area contributed by atoms with E-state index < -0.39 is 0 Å². The molecule has 0 saturated carbocycles. The summed E-state index contributed by atoms with van der Waals surface area (Å²) in [6.45, 7) is 5.49. The highest BCUT2D eigenvalue weighted by molar-refractivity contribution is 6.42. The topological polar surface area (TPSA) is 65.5 Å². The summed E-state index contributed by atoms with van der Waals surface area (Å²) in [4.78, 5) is 19.3. The van der Waals surface area contributed by atoms with Crippen LogP contribution in [0.15, 0.2) is 30.5 Å². The normalized spacial score (nSPS) is 14.6. The van der Waals surface area contributed by atoms with Crippen LogP contribution in [-0.2, 0) is 19.4 Å². The number of pyridine rings is 1. The van der Waals surface area contributed by atoms with Crippen LogP contribution in [-0.4, -0.2) is 34.2 Å². The van der Waals surface area contributed by atoms with Gasteiger partial charge in [-0.25, -0.2) is 4.79 Å². The molecular formula is C22H27Cl2N3O2. The molecule has 1 unspecified atom stereocenters. The maximum absolute atomic E-state index is 12.9. The molecule has 2 amide bonds. The second-order valence-corrected chi connectivity index (χ2v) is 8.72. The second kappa shape index (κ2) is 9.79. The molecule has 1 atom stereocenters. The van der Waals surface area contributed by atoms with Gasteiger partial charge in [-0.2, -0.15) is 0 Å². The quantitative estimate of drug-likeness (QED) is 0.685. The van der Waals surface area contributed by atoms with E-state index in [1.54, 1.807) is 12.1 Å². The molecule has 0 fully saturated rings. The van der Waals surface area contributed by atoms with Gasteiger partial charge < -0.3 is 15.3 Å². The molecule has 2 N–H and O–H groups in total. The van der Waals surface area contributed by atoms with E-state index in [0.29, 0.717) is 35.5 Å². The molecular weight excluding hydrogens is 409 g/mol. The third-order valence-electron chi connectivity index (χ3n) is 5.12. The lowest BCUT2D eigenvalue weighted by Crippen LogP contribution is -2.44. The molecule has 1 aromatic carbocycles. The smallest absolute Gasteiger partial charge is 0.318 e. The van der Waals surface area contributed by atoms with Crippen LogP contribution < -0.4 is 5.32 Å². The fourth-order valence-corrected chi connectivity index (χ4v) is 3.92. The second-order valence-electron chi connectivity index (χ2n) is 7.90. The van der Waals surface area contributed by atoms with Crippen molar-refractivity contribution in [2.24, 2.45) is 5.92 Å². The van der Waals surface area contributed by atoms with Crippen molar-refractivity contribution < 1.29 is 9.90 Å². The average molecular weight is 436 g/mol. The number of urea groups is 1. The fraction of sp³-hybridized carbons (Fsp3) is 0.455. The molecule has 7 heteroatoms. The number of aliphatic hydroxyl groups excluding tert-OH is 1. The lowest BCUT2D eigenvalue weighted by molar-refractivity contribution is 0.184. The molecule has 0 saturated heterocycles. The van der Waals surface area contributed by atoms with Crippen molar-refractivity contribution in [3.05, 3.63) is 62.9 Å². The lowest BCUT2D eigenvalue weighted by Gasteiger charge is -2.31. The number of benzene rings is 1. The molecule has 1 aliphatic heterocycles. The van der Waals surface area contributed by atoms with Crippen LogP contribution >= 0.6 is 23.2 Å². The fourth-order valence-electron chi connectivity index (χ4n) is 3.61. The van der Waals surface area contributed by atoms with E-state index in [-0.39, 0.29) is 18.7 Å². The molecule has 0 radical (unpaired) electrons. The predicted octanol–water partition coefficient (Wildman–Crippen LogP) is 4.78. The summed E-state index contributed by atoms with van der Waals surface area (Å²) in [7, 11) is 0. The van der Waals surface area contributed by atoms with Crippen LogP contribution in [0.2, 0.25) is 10.0 Å². The molecule has 2 heterocycles. The first-order valence-electron chi connectivity index (χ1n) is 9.95. The summed E-state index contributed by atoms with van der Waals surface area (Å²) in [5.41, 5.74) is 4.25. The highest BCUT2D eigenvalue weighted by Gasteiger charge is 2.24. The third-order valence-corrected chi connectivity index (χ3v) is 5.86. The van der Waals surface area contributed by atoms with Gasteiger partial charge in [-0.05, 0) is 60.1 Å². The molecule has 29 heavy (non-hydrogen) atoms. The van der Waals surface area contributed by atoms with Gasteiger partial charge in [-0.3, -0.25) is 4.98 Å². The monoisotopic (exact) mass is 435 g/mol. The van der Waals surface area contributed by atoms with E-state index in [1.165, 1.54) is 5.56 Å². The van der Waals surface area contributed by atoms with Gasteiger partial charge in [0, 0.05) is 31.6 Å². The van der Waals surface area contributed by atoms with Crippen LogP contribution in [0.1, 0.15) is 48.7 Å². The van der Waals surface area contributed by atoms with Crippen LogP contribution in [0.5, 0.6) is 0 Å². The van der Waals surface area contributed by atoms with Crippen molar-refractivity contribution in [1.29, 1.82) is 0 Å². The maximum atomic E-state index is 12.9. The van der Waals surface area contributed by atoms with Gasteiger partial charge in [-0.1, -0.05) is 43.1 Å². The number of amides is 2. The lowest BCUT2D eigenvalue weighted by atomic mass is 9.99. The molecule has 0 bridgehead atoms. The van der Waals surface area contributed by atoms with Gasteiger partial charge in [0.1, 0.15) is 0 Å². The standard InChI is InChI=1S/C22H27Cl2N3O2/c1-14(2)9-18-10-17-13-27(7-5-16(17)12-25-18)22(29)26-21(6-8-28)15-3-4-19(23)20(24)11-15/h3-4,10-12,14,21,28H,5-9,13H2,1-2H3,(H,26,29). The molecule has 2 aromatic rings. The number of carbonyl (C=O) groups is 1. The Morgan fingerprint density at radius 3 is 2.72 bits per heavy atom. The zero-order valence-electron chi connectivity index (χ0n) is 16.8. The molecule has 156 valence electrons. The van der Waals surface area contributed by atoms with Gasteiger partial charge in [0.2, 0.25) is 0 Å². The summed E-state index contributed by atoms with van der Waals surface area (Å²) in [5.74, 6) is 0.536. The van der Waals surface area contributed by atoms with Crippen LogP contribution in [0.4, 0.5) is 4.79 Å². The summed E-state index contributed by atoms with van der Waals surface area (Å²) < 4.78 is 0. The zero-order chi connectivity index (χ0) is 21.0. The Morgan fingerprint density at radius 2 is 2.03 bits per heavy atom. The number of carbonyl (C=O) groups excluding carboxylic acids is 1. The van der Waals surface area contributed by atoms with Gasteiger partial charge in [-0.15, -0.1) is 0 Å². The summed E-state index contributed by atoms with van der Waals surface area (Å²) in [6, 6.07) is 6.90. The van der Waals surface area contributed by atoms with Crippen molar-refractivity contribution in [2.75, 3.05) is 13.2 Å². The summed E-state index contributed by atoms with van der Waals surface area (Å²) in [6.07, 6.45) is 4.06.